The quantitative estimate of drug-likeness (QED) is 0.376. The molecular formula is C21H18O6. The van der Waals surface area contributed by atoms with Gasteiger partial charge in [0.15, 0.2) is 17.3 Å². The van der Waals surface area contributed by atoms with E-state index < -0.39 is 11.4 Å². The van der Waals surface area contributed by atoms with Crippen LogP contribution in [0.5, 0.6) is 17.2 Å². The van der Waals surface area contributed by atoms with Gasteiger partial charge < -0.3 is 18.6 Å². The highest BCUT2D eigenvalue weighted by molar-refractivity contribution is 6.07. The summed E-state index contributed by atoms with van der Waals surface area (Å²) >= 11 is 0. The Balaban J connectivity index is 1.95. The van der Waals surface area contributed by atoms with E-state index in [1.165, 1.54) is 33.5 Å². The molecule has 0 aliphatic rings. The molecule has 27 heavy (non-hydrogen) atoms. The predicted molar refractivity (Wildman–Crippen MR) is 102 cm³/mol. The van der Waals surface area contributed by atoms with Crippen LogP contribution in [-0.2, 0) is 0 Å². The summed E-state index contributed by atoms with van der Waals surface area (Å²) in [6.07, 6.45) is 2.88. The third-order valence-electron chi connectivity index (χ3n) is 4.02. The molecule has 0 aliphatic heterocycles. The van der Waals surface area contributed by atoms with Gasteiger partial charge in [-0.2, -0.15) is 0 Å². The molecule has 6 nitrogen and oxygen atoms in total. The lowest BCUT2D eigenvalue weighted by molar-refractivity contribution is 0.104. The summed E-state index contributed by atoms with van der Waals surface area (Å²) in [4.78, 5) is 24.6. The zero-order valence-corrected chi connectivity index (χ0v) is 15.1. The number of carbonyl (C=O) groups is 1. The van der Waals surface area contributed by atoms with Crippen molar-refractivity contribution in [2.75, 3.05) is 21.3 Å². The summed E-state index contributed by atoms with van der Waals surface area (Å²) in [5.74, 6) is 0.935. The van der Waals surface area contributed by atoms with Gasteiger partial charge >= 0.3 is 5.63 Å². The molecule has 6 heteroatoms. The van der Waals surface area contributed by atoms with Crippen LogP contribution in [0.2, 0.25) is 0 Å². The Hall–Kier alpha value is -3.54. The molecule has 3 aromatic rings. The topological polar surface area (TPSA) is 75.0 Å². The second-order valence-electron chi connectivity index (χ2n) is 5.64. The van der Waals surface area contributed by atoms with E-state index in [-0.39, 0.29) is 5.56 Å². The van der Waals surface area contributed by atoms with E-state index in [2.05, 4.69) is 0 Å². The van der Waals surface area contributed by atoms with Gasteiger partial charge in [0.1, 0.15) is 11.1 Å². The summed E-state index contributed by atoms with van der Waals surface area (Å²) in [6, 6.07) is 12.0. The number of fused-ring (bicyclic) bond motifs is 1. The van der Waals surface area contributed by atoms with Crippen molar-refractivity contribution in [2.24, 2.45) is 0 Å². The largest absolute Gasteiger partial charge is 0.493 e. The molecule has 3 rings (SSSR count). The molecule has 0 fully saturated rings. The standard InChI is InChI=1S/C21H18O6/c1-24-18-10-13(11-19(25-2)20(18)26-3)8-9-16(22)15-12-14-6-4-5-7-17(14)27-21(15)23/h4-12H,1-3H3/b9-8+. The van der Waals surface area contributed by atoms with E-state index in [1.54, 1.807) is 36.4 Å². The van der Waals surface area contributed by atoms with Crippen LogP contribution in [0, 0.1) is 0 Å². The number of para-hydroxylation sites is 1. The number of ether oxygens (including phenoxy) is 3. The van der Waals surface area contributed by atoms with E-state index in [9.17, 15) is 9.59 Å². The number of rotatable bonds is 6. The zero-order valence-electron chi connectivity index (χ0n) is 15.1. The fourth-order valence-corrected chi connectivity index (χ4v) is 2.69. The first-order chi connectivity index (χ1) is 13.1. The second-order valence-corrected chi connectivity index (χ2v) is 5.64. The van der Waals surface area contributed by atoms with Crippen molar-refractivity contribution in [2.45, 2.75) is 0 Å². The highest BCUT2D eigenvalue weighted by Gasteiger charge is 2.14. The molecule has 0 amide bonds. The van der Waals surface area contributed by atoms with E-state index >= 15 is 0 Å². The van der Waals surface area contributed by atoms with Gasteiger partial charge in [-0.25, -0.2) is 4.79 Å². The number of hydrogen-bond donors (Lipinski definition) is 0. The van der Waals surface area contributed by atoms with Gasteiger partial charge in [-0.3, -0.25) is 4.79 Å². The summed E-state index contributed by atoms with van der Waals surface area (Å²) in [5, 5.41) is 0.682. The molecule has 0 saturated heterocycles. The summed E-state index contributed by atoms with van der Waals surface area (Å²) in [5.41, 5.74) is 0.390. The van der Waals surface area contributed by atoms with Crippen molar-refractivity contribution in [1.29, 1.82) is 0 Å². The van der Waals surface area contributed by atoms with Gasteiger partial charge in [0.2, 0.25) is 5.75 Å². The van der Waals surface area contributed by atoms with Crippen molar-refractivity contribution in [3.8, 4) is 17.2 Å². The molecule has 0 bridgehead atoms. The van der Waals surface area contributed by atoms with Gasteiger partial charge in [0, 0.05) is 5.39 Å². The maximum atomic E-state index is 12.5. The number of carbonyl (C=O) groups excluding carboxylic acids is 1. The van der Waals surface area contributed by atoms with Crippen molar-refractivity contribution < 1.29 is 23.4 Å². The Labute approximate surface area is 155 Å². The number of ketones is 1. The van der Waals surface area contributed by atoms with Gasteiger partial charge in [0.05, 0.1) is 21.3 Å². The van der Waals surface area contributed by atoms with Crippen molar-refractivity contribution >= 4 is 22.8 Å². The van der Waals surface area contributed by atoms with Gasteiger partial charge in [-0.05, 0) is 35.9 Å². The van der Waals surface area contributed by atoms with E-state index in [0.717, 1.165) is 0 Å². The smallest absolute Gasteiger partial charge is 0.347 e. The third kappa shape index (κ3) is 3.69. The number of methoxy groups -OCH3 is 3. The molecule has 0 atom stereocenters. The average molecular weight is 366 g/mol. The minimum Gasteiger partial charge on any atom is -0.493 e. The summed E-state index contributed by atoms with van der Waals surface area (Å²) < 4.78 is 21.1. The van der Waals surface area contributed by atoms with Crippen LogP contribution >= 0.6 is 0 Å². The average Bonchev–Trinajstić information content (AvgIpc) is 2.70. The molecule has 0 unspecified atom stereocenters. The summed E-state index contributed by atoms with van der Waals surface area (Å²) in [7, 11) is 4.53. The maximum absolute atomic E-state index is 12.5. The normalized spacial score (nSPS) is 10.9. The van der Waals surface area contributed by atoms with Crippen LogP contribution in [0.4, 0.5) is 0 Å². The first kappa shape index (κ1) is 18.3. The fourth-order valence-electron chi connectivity index (χ4n) is 2.69. The van der Waals surface area contributed by atoms with Gasteiger partial charge in [-0.15, -0.1) is 0 Å². The summed E-state index contributed by atoms with van der Waals surface area (Å²) in [6.45, 7) is 0. The molecule has 138 valence electrons. The minimum absolute atomic E-state index is 0.0302. The molecule has 0 radical (unpaired) electrons. The van der Waals surface area contributed by atoms with Crippen LogP contribution in [-0.4, -0.2) is 27.1 Å². The lowest BCUT2D eigenvalue weighted by Gasteiger charge is -2.12. The van der Waals surface area contributed by atoms with E-state index in [0.29, 0.717) is 33.8 Å². The lowest BCUT2D eigenvalue weighted by atomic mass is 10.1. The highest BCUT2D eigenvalue weighted by Crippen LogP contribution is 2.38. The first-order valence-electron chi connectivity index (χ1n) is 8.12. The Morgan fingerprint density at radius 1 is 0.963 bits per heavy atom. The van der Waals surface area contributed by atoms with Crippen LogP contribution in [0.1, 0.15) is 15.9 Å². The van der Waals surface area contributed by atoms with Crippen molar-refractivity contribution in [3.05, 3.63) is 70.1 Å². The predicted octanol–water partition coefficient (Wildman–Crippen LogP) is 3.71. The molecule has 0 spiro atoms. The van der Waals surface area contributed by atoms with Gasteiger partial charge in [0.25, 0.3) is 0 Å². The lowest BCUT2D eigenvalue weighted by Crippen LogP contribution is -2.11. The number of allylic oxidation sites excluding steroid dienone is 1. The molecule has 2 aromatic carbocycles. The maximum Gasteiger partial charge on any atom is 0.347 e. The van der Waals surface area contributed by atoms with E-state index in [4.69, 9.17) is 18.6 Å². The fraction of sp³-hybridized carbons (Fsp3) is 0.143. The van der Waals surface area contributed by atoms with Crippen LogP contribution < -0.4 is 19.8 Å². The first-order valence-corrected chi connectivity index (χ1v) is 8.12. The van der Waals surface area contributed by atoms with E-state index in [1.807, 2.05) is 6.07 Å². The molecule has 0 aliphatic carbocycles. The molecule has 0 N–H and O–H groups in total. The highest BCUT2D eigenvalue weighted by atomic mass is 16.5. The third-order valence-corrected chi connectivity index (χ3v) is 4.02. The van der Waals surface area contributed by atoms with Crippen molar-refractivity contribution in [3.63, 3.8) is 0 Å². The second kappa shape index (κ2) is 7.78. The Morgan fingerprint density at radius 3 is 2.26 bits per heavy atom. The van der Waals surface area contributed by atoms with Crippen LogP contribution in [0.15, 0.2) is 57.8 Å². The molecule has 1 aromatic heterocycles. The molecule has 0 saturated carbocycles. The zero-order chi connectivity index (χ0) is 19.4. The van der Waals surface area contributed by atoms with Gasteiger partial charge in [-0.1, -0.05) is 24.3 Å². The molecule has 1 heterocycles. The van der Waals surface area contributed by atoms with Crippen molar-refractivity contribution in [1.82, 2.24) is 0 Å². The SMILES string of the molecule is COc1cc(/C=C/C(=O)c2cc3ccccc3oc2=O)cc(OC)c1OC. The Bertz CT molecular complexity index is 1050. The van der Waals surface area contributed by atoms with Crippen LogP contribution in [0.25, 0.3) is 17.0 Å². The monoisotopic (exact) mass is 366 g/mol. The number of benzene rings is 2. The Kier molecular flexibility index (Phi) is 5.26. The van der Waals surface area contributed by atoms with Crippen LogP contribution in [0.3, 0.4) is 0 Å². The number of hydrogen-bond acceptors (Lipinski definition) is 6. The minimum atomic E-state index is -0.673. The Morgan fingerprint density at radius 2 is 1.63 bits per heavy atom. The molecular weight excluding hydrogens is 348 g/mol.